The highest BCUT2D eigenvalue weighted by molar-refractivity contribution is 7.89. The number of amides is 1. The van der Waals surface area contributed by atoms with E-state index in [9.17, 15) is 13.2 Å². The summed E-state index contributed by atoms with van der Waals surface area (Å²) in [5.41, 5.74) is 1.07. The molecule has 0 bridgehead atoms. The van der Waals surface area contributed by atoms with Crippen molar-refractivity contribution in [2.24, 2.45) is 0 Å². The quantitative estimate of drug-likeness (QED) is 0.711. The highest BCUT2D eigenvalue weighted by Crippen LogP contribution is 2.18. The molecule has 146 valence electrons. The molecule has 7 heteroatoms. The van der Waals surface area contributed by atoms with Crippen LogP contribution in [-0.4, -0.2) is 50.1 Å². The van der Waals surface area contributed by atoms with Crippen LogP contribution in [0.1, 0.15) is 45.1 Å². The van der Waals surface area contributed by atoms with Gasteiger partial charge in [0, 0.05) is 19.1 Å². The lowest BCUT2D eigenvalue weighted by molar-refractivity contribution is -0.124. The van der Waals surface area contributed by atoms with Crippen molar-refractivity contribution >= 4 is 15.9 Å². The topological polar surface area (TPSA) is 75.7 Å². The number of nitrogens with one attached hydrogen (secondary N) is 1. The van der Waals surface area contributed by atoms with Crippen molar-refractivity contribution in [2.45, 2.75) is 52.0 Å². The summed E-state index contributed by atoms with van der Waals surface area (Å²) in [5, 5.41) is 2.96. The van der Waals surface area contributed by atoms with Gasteiger partial charge in [-0.3, -0.25) is 4.79 Å². The van der Waals surface area contributed by atoms with Gasteiger partial charge in [0.15, 0.2) is 6.61 Å². The van der Waals surface area contributed by atoms with E-state index in [4.69, 9.17) is 4.74 Å². The first-order chi connectivity index (χ1) is 12.5. The van der Waals surface area contributed by atoms with Crippen molar-refractivity contribution in [2.75, 3.05) is 25.4 Å². The lowest BCUT2D eigenvalue weighted by atomic mass is 10.1. The van der Waals surface area contributed by atoms with Gasteiger partial charge >= 0.3 is 0 Å². The SMILES string of the molecule is CCCCS(=O)(=O)N1CCC(NC(=O)COc2ccccc2CC)CC1. The second-order valence-corrected chi connectivity index (χ2v) is 8.75. The number of hydrogen-bond acceptors (Lipinski definition) is 4. The Balaban J connectivity index is 1.76. The molecule has 1 aliphatic rings. The number of hydrogen-bond donors (Lipinski definition) is 1. The number of unbranched alkanes of at least 4 members (excludes halogenated alkanes) is 1. The molecule has 1 aromatic rings. The Morgan fingerprint density at radius 1 is 1.23 bits per heavy atom. The standard InChI is InChI=1S/C19H30N2O4S/c1-3-5-14-26(23,24)21-12-10-17(11-13-21)20-19(22)15-25-18-9-7-6-8-16(18)4-2/h6-9,17H,3-5,10-15H2,1-2H3,(H,20,22). The van der Waals surface area contributed by atoms with E-state index in [1.165, 1.54) is 0 Å². The molecule has 6 nitrogen and oxygen atoms in total. The zero-order valence-electron chi connectivity index (χ0n) is 15.7. The lowest BCUT2D eigenvalue weighted by Gasteiger charge is -2.31. The monoisotopic (exact) mass is 382 g/mol. The molecule has 1 saturated heterocycles. The number of para-hydroxylation sites is 1. The van der Waals surface area contributed by atoms with Crippen LogP contribution in [0.25, 0.3) is 0 Å². The molecule has 0 aromatic heterocycles. The van der Waals surface area contributed by atoms with Gasteiger partial charge in [-0.25, -0.2) is 12.7 Å². The minimum atomic E-state index is -3.16. The van der Waals surface area contributed by atoms with Crippen LogP contribution in [0.5, 0.6) is 5.75 Å². The van der Waals surface area contributed by atoms with Crippen LogP contribution in [0.4, 0.5) is 0 Å². The summed E-state index contributed by atoms with van der Waals surface area (Å²) in [5.74, 6) is 0.788. The van der Waals surface area contributed by atoms with E-state index >= 15 is 0 Å². The Kier molecular flexibility index (Phi) is 7.90. The molecular weight excluding hydrogens is 352 g/mol. The first-order valence-corrected chi connectivity index (χ1v) is 11.0. The molecule has 26 heavy (non-hydrogen) atoms. The third-order valence-corrected chi connectivity index (χ3v) is 6.64. The van der Waals surface area contributed by atoms with Crippen LogP contribution in [0.15, 0.2) is 24.3 Å². The summed E-state index contributed by atoms with van der Waals surface area (Å²) in [6, 6.07) is 7.70. The van der Waals surface area contributed by atoms with Gasteiger partial charge in [0.1, 0.15) is 5.75 Å². The molecule has 0 radical (unpaired) electrons. The highest BCUT2D eigenvalue weighted by Gasteiger charge is 2.28. The summed E-state index contributed by atoms with van der Waals surface area (Å²) in [6.45, 7) is 4.95. The molecule has 1 heterocycles. The van der Waals surface area contributed by atoms with Crippen LogP contribution in [0, 0.1) is 0 Å². The smallest absolute Gasteiger partial charge is 0.258 e. The summed E-state index contributed by atoms with van der Waals surface area (Å²) in [7, 11) is -3.16. The normalized spacial score (nSPS) is 16.4. The van der Waals surface area contributed by atoms with Gasteiger partial charge in [-0.05, 0) is 37.3 Å². The maximum Gasteiger partial charge on any atom is 0.258 e. The van der Waals surface area contributed by atoms with Crippen molar-refractivity contribution in [3.63, 3.8) is 0 Å². The minimum Gasteiger partial charge on any atom is -0.483 e. The fourth-order valence-electron chi connectivity index (χ4n) is 3.08. The largest absolute Gasteiger partial charge is 0.483 e. The maximum atomic E-state index is 12.2. The number of carbonyl (C=O) groups is 1. The van der Waals surface area contributed by atoms with E-state index in [0.717, 1.165) is 24.2 Å². The summed E-state index contributed by atoms with van der Waals surface area (Å²) in [6.07, 6.45) is 3.69. The summed E-state index contributed by atoms with van der Waals surface area (Å²) < 4.78 is 31.6. The molecule has 0 atom stereocenters. The molecule has 2 rings (SSSR count). The molecule has 0 aliphatic carbocycles. The van der Waals surface area contributed by atoms with Gasteiger partial charge in [0.2, 0.25) is 10.0 Å². The van der Waals surface area contributed by atoms with Gasteiger partial charge in [-0.15, -0.1) is 0 Å². The van der Waals surface area contributed by atoms with Crippen LogP contribution in [-0.2, 0) is 21.2 Å². The number of piperidine rings is 1. The molecule has 1 aromatic carbocycles. The van der Waals surface area contributed by atoms with Crippen molar-refractivity contribution in [1.29, 1.82) is 0 Å². The molecule has 0 spiro atoms. The zero-order chi connectivity index (χ0) is 19.0. The summed E-state index contributed by atoms with van der Waals surface area (Å²) >= 11 is 0. The molecule has 0 unspecified atom stereocenters. The fourth-order valence-corrected chi connectivity index (χ4v) is 4.76. The number of ether oxygens (including phenoxy) is 1. The lowest BCUT2D eigenvalue weighted by Crippen LogP contribution is -2.47. The van der Waals surface area contributed by atoms with Crippen molar-refractivity contribution in [3.8, 4) is 5.75 Å². The van der Waals surface area contributed by atoms with Crippen LogP contribution < -0.4 is 10.1 Å². The van der Waals surface area contributed by atoms with Crippen molar-refractivity contribution in [1.82, 2.24) is 9.62 Å². The third-order valence-electron chi connectivity index (χ3n) is 4.68. The molecular formula is C19H30N2O4S. The van der Waals surface area contributed by atoms with Gasteiger partial charge in [0.25, 0.3) is 5.91 Å². The van der Waals surface area contributed by atoms with E-state index < -0.39 is 10.0 Å². The van der Waals surface area contributed by atoms with Crippen LogP contribution in [0.2, 0.25) is 0 Å². The minimum absolute atomic E-state index is 0.00476. The number of sulfonamides is 1. The van der Waals surface area contributed by atoms with Crippen molar-refractivity contribution in [3.05, 3.63) is 29.8 Å². The molecule has 1 N–H and O–H groups in total. The Bertz CT molecular complexity index is 683. The first-order valence-electron chi connectivity index (χ1n) is 9.44. The van der Waals surface area contributed by atoms with E-state index in [2.05, 4.69) is 5.32 Å². The van der Waals surface area contributed by atoms with Crippen molar-refractivity contribution < 1.29 is 17.9 Å². The third kappa shape index (κ3) is 5.99. The Morgan fingerprint density at radius 2 is 1.92 bits per heavy atom. The Morgan fingerprint density at radius 3 is 2.58 bits per heavy atom. The fraction of sp³-hybridized carbons (Fsp3) is 0.632. The Labute approximate surface area is 157 Å². The van der Waals surface area contributed by atoms with Crippen LogP contribution in [0.3, 0.4) is 0 Å². The molecule has 1 aliphatic heterocycles. The average Bonchev–Trinajstić information content (AvgIpc) is 2.65. The Hall–Kier alpha value is -1.60. The second kappa shape index (κ2) is 9.92. The average molecular weight is 383 g/mol. The summed E-state index contributed by atoms with van der Waals surface area (Å²) in [4.78, 5) is 12.1. The molecule has 0 saturated carbocycles. The van der Waals surface area contributed by atoms with Crippen LogP contribution >= 0.6 is 0 Å². The number of nitrogens with zero attached hydrogens (tertiary/aromatic N) is 1. The number of carbonyl (C=O) groups excluding carboxylic acids is 1. The molecule has 1 amide bonds. The number of rotatable bonds is 9. The van der Waals surface area contributed by atoms with E-state index in [-0.39, 0.29) is 24.3 Å². The predicted octanol–water partition coefficient (Wildman–Crippen LogP) is 2.34. The molecule has 1 fully saturated rings. The van der Waals surface area contributed by atoms with E-state index in [0.29, 0.717) is 32.4 Å². The maximum absolute atomic E-state index is 12.2. The van der Waals surface area contributed by atoms with Gasteiger partial charge in [-0.2, -0.15) is 0 Å². The predicted molar refractivity (Wildman–Crippen MR) is 103 cm³/mol. The second-order valence-electron chi connectivity index (χ2n) is 6.66. The highest BCUT2D eigenvalue weighted by atomic mass is 32.2. The van der Waals surface area contributed by atoms with Gasteiger partial charge in [-0.1, -0.05) is 38.5 Å². The van der Waals surface area contributed by atoms with E-state index in [1.807, 2.05) is 38.1 Å². The zero-order valence-corrected chi connectivity index (χ0v) is 16.6. The first kappa shape index (κ1) is 20.7. The number of aryl methyl sites for hydroxylation is 1. The van der Waals surface area contributed by atoms with Gasteiger partial charge < -0.3 is 10.1 Å². The number of benzene rings is 1. The van der Waals surface area contributed by atoms with E-state index in [1.54, 1.807) is 4.31 Å². The van der Waals surface area contributed by atoms with Gasteiger partial charge in [0.05, 0.1) is 5.75 Å².